The minimum atomic E-state index is -0.275. The van der Waals surface area contributed by atoms with Crippen LogP contribution in [-0.4, -0.2) is 23.7 Å². The monoisotopic (exact) mass is 298 g/mol. The second-order valence-corrected chi connectivity index (χ2v) is 7.36. The fourth-order valence-corrected chi connectivity index (χ4v) is 4.39. The quantitative estimate of drug-likeness (QED) is 0.879. The molecule has 19 heavy (non-hydrogen) atoms. The molecule has 0 unspecified atom stereocenters. The summed E-state index contributed by atoms with van der Waals surface area (Å²) >= 11 is 3.59. The molecule has 1 amide bonds. The van der Waals surface area contributed by atoms with Crippen LogP contribution < -0.4 is 11.1 Å². The summed E-state index contributed by atoms with van der Waals surface area (Å²) in [6.07, 6.45) is 2.85. The normalized spacial score (nSPS) is 15.1. The molecule has 2 rings (SSSR count). The van der Waals surface area contributed by atoms with Gasteiger partial charge in [0.15, 0.2) is 0 Å². The molecule has 0 saturated heterocycles. The predicted molar refractivity (Wildman–Crippen MR) is 84.0 cm³/mol. The molecule has 3 N–H and O–H groups in total. The van der Waals surface area contributed by atoms with Crippen molar-refractivity contribution in [2.24, 2.45) is 5.73 Å². The van der Waals surface area contributed by atoms with E-state index in [1.165, 1.54) is 16.2 Å². The number of carbonyl (C=O) groups is 1. The number of amides is 1. The molecule has 1 aromatic heterocycles. The zero-order valence-electron chi connectivity index (χ0n) is 11.6. The van der Waals surface area contributed by atoms with E-state index < -0.39 is 0 Å². The molecule has 0 aliphatic carbocycles. The molecule has 1 aliphatic heterocycles. The fourth-order valence-electron chi connectivity index (χ4n) is 2.10. The number of thiophene rings is 1. The number of nitrogens with two attached hydrogens (primary N) is 1. The van der Waals surface area contributed by atoms with Crippen LogP contribution >= 0.6 is 23.1 Å². The molecule has 0 radical (unpaired) electrons. The summed E-state index contributed by atoms with van der Waals surface area (Å²) in [5, 5.41) is 2.99. The fraction of sp³-hybridized carbons (Fsp3) is 0.643. The molecule has 2 heterocycles. The molecule has 5 heteroatoms. The van der Waals surface area contributed by atoms with Gasteiger partial charge in [-0.05, 0) is 36.6 Å². The van der Waals surface area contributed by atoms with E-state index in [-0.39, 0.29) is 11.4 Å². The van der Waals surface area contributed by atoms with E-state index in [1.807, 2.05) is 11.8 Å². The molecule has 1 aromatic rings. The van der Waals surface area contributed by atoms with Crippen LogP contribution in [0.25, 0.3) is 0 Å². The van der Waals surface area contributed by atoms with Crippen molar-refractivity contribution in [3.8, 4) is 0 Å². The van der Waals surface area contributed by atoms with Crippen molar-refractivity contribution in [2.75, 3.05) is 12.3 Å². The lowest BCUT2D eigenvalue weighted by Crippen LogP contribution is -2.49. The van der Waals surface area contributed by atoms with Gasteiger partial charge in [-0.3, -0.25) is 4.79 Å². The minimum absolute atomic E-state index is 0.0288. The summed E-state index contributed by atoms with van der Waals surface area (Å²) in [4.78, 5) is 14.4. The van der Waals surface area contributed by atoms with Gasteiger partial charge in [0, 0.05) is 22.7 Å². The average molecular weight is 298 g/mol. The Balaban J connectivity index is 1.98. The molecule has 0 saturated carbocycles. The first-order valence-electron chi connectivity index (χ1n) is 6.84. The SMILES string of the molecule is CCC(N)(CC)CNC(=O)c1cc2c(s1)CCSC2. The maximum absolute atomic E-state index is 12.2. The van der Waals surface area contributed by atoms with Gasteiger partial charge in [0.05, 0.1) is 4.88 Å². The van der Waals surface area contributed by atoms with Gasteiger partial charge in [-0.15, -0.1) is 11.3 Å². The first-order valence-corrected chi connectivity index (χ1v) is 8.81. The third kappa shape index (κ3) is 3.52. The number of carbonyl (C=O) groups excluding carboxylic acids is 1. The molecule has 106 valence electrons. The van der Waals surface area contributed by atoms with E-state index in [2.05, 4.69) is 25.2 Å². The molecule has 0 fully saturated rings. The Morgan fingerprint density at radius 2 is 2.21 bits per heavy atom. The van der Waals surface area contributed by atoms with Gasteiger partial charge in [0.2, 0.25) is 0 Å². The van der Waals surface area contributed by atoms with Crippen molar-refractivity contribution < 1.29 is 4.79 Å². The van der Waals surface area contributed by atoms with Gasteiger partial charge in [0.25, 0.3) is 5.91 Å². The summed E-state index contributed by atoms with van der Waals surface area (Å²) in [5.74, 6) is 2.25. The zero-order chi connectivity index (χ0) is 13.9. The average Bonchev–Trinajstić information content (AvgIpc) is 2.88. The van der Waals surface area contributed by atoms with Crippen LogP contribution in [0, 0.1) is 0 Å². The first kappa shape index (κ1) is 14.9. The van der Waals surface area contributed by atoms with Gasteiger partial charge < -0.3 is 11.1 Å². The summed E-state index contributed by atoms with van der Waals surface area (Å²) in [6.45, 7) is 4.68. The molecule has 0 spiro atoms. The molecule has 0 atom stereocenters. The van der Waals surface area contributed by atoms with Crippen molar-refractivity contribution >= 4 is 29.0 Å². The van der Waals surface area contributed by atoms with Gasteiger partial charge in [0.1, 0.15) is 0 Å². The number of rotatable bonds is 5. The highest BCUT2D eigenvalue weighted by atomic mass is 32.2. The topological polar surface area (TPSA) is 55.1 Å². The summed E-state index contributed by atoms with van der Waals surface area (Å²) in [7, 11) is 0. The standard InChI is InChI=1S/C14H22N2OS2/c1-3-14(15,4-2)9-16-13(17)12-7-10-8-18-6-5-11(10)19-12/h7H,3-6,8-9,15H2,1-2H3,(H,16,17). The number of hydrogen-bond acceptors (Lipinski definition) is 4. The van der Waals surface area contributed by atoms with Crippen LogP contribution in [0.2, 0.25) is 0 Å². The van der Waals surface area contributed by atoms with Gasteiger partial charge in [-0.25, -0.2) is 0 Å². The van der Waals surface area contributed by atoms with Crippen LogP contribution in [0.4, 0.5) is 0 Å². The first-order chi connectivity index (χ1) is 9.08. The number of thioether (sulfide) groups is 1. The minimum Gasteiger partial charge on any atom is -0.349 e. The lowest BCUT2D eigenvalue weighted by Gasteiger charge is -2.26. The summed E-state index contributed by atoms with van der Waals surface area (Å²) < 4.78 is 0. The Hall–Kier alpha value is -0.520. The van der Waals surface area contributed by atoms with E-state index in [9.17, 15) is 4.79 Å². The largest absolute Gasteiger partial charge is 0.349 e. The van der Waals surface area contributed by atoms with Crippen molar-refractivity contribution in [1.29, 1.82) is 0 Å². The van der Waals surface area contributed by atoms with E-state index in [4.69, 9.17) is 5.73 Å². The van der Waals surface area contributed by atoms with E-state index in [0.29, 0.717) is 6.54 Å². The number of hydrogen-bond donors (Lipinski definition) is 2. The van der Waals surface area contributed by atoms with Crippen LogP contribution in [0.15, 0.2) is 6.07 Å². The number of aryl methyl sites for hydroxylation is 1. The van der Waals surface area contributed by atoms with Crippen molar-refractivity contribution in [3.05, 3.63) is 21.4 Å². The second-order valence-electron chi connectivity index (χ2n) is 5.11. The highest BCUT2D eigenvalue weighted by molar-refractivity contribution is 7.98. The van der Waals surface area contributed by atoms with E-state index in [1.54, 1.807) is 11.3 Å². The Labute approximate surface area is 123 Å². The molecular weight excluding hydrogens is 276 g/mol. The summed E-state index contributed by atoms with van der Waals surface area (Å²) in [5.41, 5.74) is 7.27. The Morgan fingerprint density at radius 1 is 1.47 bits per heavy atom. The van der Waals surface area contributed by atoms with Crippen molar-refractivity contribution in [3.63, 3.8) is 0 Å². The second kappa shape index (κ2) is 6.29. The van der Waals surface area contributed by atoms with Crippen LogP contribution in [0.5, 0.6) is 0 Å². The van der Waals surface area contributed by atoms with Gasteiger partial charge >= 0.3 is 0 Å². The molecule has 0 aromatic carbocycles. The van der Waals surface area contributed by atoms with Crippen LogP contribution in [-0.2, 0) is 12.2 Å². The predicted octanol–water partition coefficient (Wildman–Crippen LogP) is 2.78. The Bertz CT molecular complexity index is 429. The van der Waals surface area contributed by atoms with Crippen molar-refractivity contribution in [2.45, 2.75) is 44.4 Å². The van der Waals surface area contributed by atoms with Gasteiger partial charge in [-0.2, -0.15) is 11.8 Å². The zero-order valence-corrected chi connectivity index (χ0v) is 13.3. The lowest BCUT2D eigenvalue weighted by molar-refractivity contribution is 0.0946. The van der Waals surface area contributed by atoms with Crippen molar-refractivity contribution in [1.82, 2.24) is 5.32 Å². The van der Waals surface area contributed by atoms with E-state index in [0.717, 1.165) is 29.9 Å². The van der Waals surface area contributed by atoms with Crippen LogP contribution in [0.3, 0.4) is 0 Å². The molecule has 1 aliphatic rings. The third-order valence-corrected chi connectivity index (χ3v) is 6.10. The maximum Gasteiger partial charge on any atom is 0.261 e. The Kier molecular flexibility index (Phi) is 4.92. The highest BCUT2D eigenvalue weighted by Crippen LogP contribution is 2.31. The van der Waals surface area contributed by atoms with Gasteiger partial charge in [-0.1, -0.05) is 13.8 Å². The Morgan fingerprint density at radius 3 is 2.84 bits per heavy atom. The lowest BCUT2D eigenvalue weighted by atomic mass is 9.94. The third-order valence-electron chi connectivity index (χ3n) is 3.86. The maximum atomic E-state index is 12.2. The molecular formula is C14H22N2OS2. The number of nitrogens with one attached hydrogen (secondary N) is 1. The number of fused-ring (bicyclic) bond motifs is 1. The summed E-state index contributed by atoms with van der Waals surface area (Å²) in [6, 6.07) is 2.05. The smallest absolute Gasteiger partial charge is 0.261 e. The van der Waals surface area contributed by atoms with E-state index >= 15 is 0 Å². The highest BCUT2D eigenvalue weighted by Gasteiger charge is 2.22. The van der Waals surface area contributed by atoms with Crippen LogP contribution in [0.1, 0.15) is 46.8 Å². The molecule has 3 nitrogen and oxygen atoms in total. The molecule has 0 bridgehead atoms.